The normalized spacial score (nSPS) is 9.50. The molecule has 0 fully saturated rings. The van der Waals surface area contributed by atoms with Crippen LogP contribution in [-0.4, -0.2) is 7.11 Å². The average Bonchev–Trinajstić information content (AvgIpc) is 2.17. The van der Waals surface area contributed by atoms with Crippen molar-refractivity contribution in [2.75, 3.05) is 7.11 Å². The van der Waals surface area contributed by atoms with Crippen LogP contribution in [-0.2, 0) is 10.6 Å². The SMILES string of the molecule is C=C(OC)c1ccc(CCl)cc1. The third-order valence-electron chi connectivity index (χ3n) is 1.68. The van der Waals surface area contributed by atoms with Gasteiger partial charge in [0, 0.05) is 11.4 Å². The molecule has 0 radical (unpaired) electrons. The molecule has 1 rings (SSSR count). The van der Waals surface area contributed by atoms with Gasteiger partial charge in [-0.3, -0.25) is 0 Å². The zero-order chi connectivity index (χ0) is 8.97. The number of halogens is 1. The quantitative estimate of drug-likeness (QED) is 0.516. The number of hydrogen-bond acceptors (Lipinski definition) is 1. The van der Waals surface area contributed by atoms with E-state index in [4.69, 9.17) is 16.3 Å². The van der Waals surface area contributed by atoms with Crippen LogP contribution in [0.5, 0.6) is 0 Å². The molecule has 0 N–H and O–H groups in total. The molecule has 12 heavy (non-hydrogen) atoms. The summed E-state index contributed by atoms with van der Waals surface area (Å²) in [5.41, 5.74) is 2.09. The van der Waals surface area contributed by atoms with Crippen LogP contribution in [0.25, 0.3) is 5.76 Å². The molecule has 0 aliphatic rings. The zero-order valence-corrected chi connectivity index (χ0v) is 7.77. The highest BCUT2D eigenvalue weighted by Crippen LogP contribution is 2.14. The van der Waals surface area contributed by atoms with Gasteiger partial charge < -0.3 is 4.74 Å². The van der Waals surface area contributed by atoms with E-state index >= 15 is 0 Å². The second-order valence-corrected chi connectivity index (χ2v) is 2.73. The van der Waals surface area contributed by atoms with Crippen molar-refractivity contribution >= 4 is 17.4 Å². The zero-order valence-electron chi connectivity index (χ0n) is 7.01. The van der Waals surface area contributed by atoms with Crippen LogP contribution in [0.4, 0.5) is 0 Å². The molecule has 2 heteroatoms. The molecule has 1 aromatic carbocycles. The highest BCUT2D eigenvalue weighted by atomic mass is 35.5. The summed E-state index contributed by atoms with van der Waals surface area (Å²) >= 11 is 5.64. The van der Waals surface area contributed by atoms with Crippen LogP contribution in [0, 0.1) is 0 Å². The van der Waals surface area contributed by atoms with Crippen molar-refractivity contribution in [2.24, 2.45) is 0 Å². The summed E-state index contributed by atoms with van der Waals surface area (Å²) < 4.78 is 4.98. The van der Waals surface area contributed by atoms with E-state index < -0.39 is 0 Å². The fourth-order valence-corrected chi connectivity index (χ4v) is 1.08. The summed E-state index contributed by atoms with van der Waals surface area (Å²) in [6.07, 6.45) is 0. The van der Waals surface area contributed by atoms with Gasteiger partial charge >= 0.3 is 0 Å². The molecule has 0 spiro atoms. The minimum atomic E-state index is 0.541. The standard InChI is InChI=1S/C10H11ClO/c1-8(12-2)10-5-3-9(7-11)4-6-10/h3-6H,1,7H2,2H3. The van der Waals surface area contributed by atoms with Crippen molar-refractivity contribution in [3.63, 3.8) is 0 Å². The molecule has 0 aliphatic carbocycles. The smallest absolute Gasteiger partial charge is 0.118 e. The fraction of sp³-hybridized carbons (Fsp3) is 0.200. The number of benzene rings is 1. The van der Waals surface area contributed by atoms with Gasteiger partial charge in [-0.25, -0.2) is 0 Å². The van der Waals surface area contributed by atoms with E-state index in [1.54, 1.807) is 7.11 Å². The van der Waals surface area contributed by atoms with E-state index in [1.165, 1.54) is 0 Å². The van der Waals surface area contributed by atoms with Crippen molar-refractivity contribution in [1.82, 2.24) is 0 Å². The van der Waals surface area contributed by atoms with Crippen molar-refractivity contribution in [1.29, 1.82) is 0 Å². The van der Waals surface area contributed by atoms with E-state index in [0.29, 0.717) is 11.6 Å². The average molecular weight is 183 g/mol. The summed E-state index contributed by atoms with van der Waals surface area (Å²) in [5.74, 6) is 1.22. The Morgan fingerprint density at radius 1 is 1.42 bits per heavy atom. The Bertz CT molecular complexity index is 264. The number of rotatable bonds is 3. The highest BCUT2D eigenvalue weighted by Gasteiger charge is 1.96. The molecule has 0 atom stereocenters. The van der Waals surface area contributed by atoms with Gasteiger partial charge in [-0.15, -0.1) is 11.6 Å². The number of alkyl halides is 1. The van der Waals surface area contributed by atoms with E-state index in [2.05, 4.69) is 6.58 Å². The van der Waals surface area contributed by atoms with Gasteiger partial charge in [0.2, 0.25) is 0 Å². The van der Waals surface area contributed by atoms with Crippen molar-refractivity contribution in [2.45, 2.75) is 5.88 Å². The Labute approximate surface area is 77.6 Å². The summed E-state index contributed by atoms with van der Waals surface area (Å²) in [6, 6.07) is 7.83. The van der Waals surface area contributed by atoms with E-state index in [1.807, 2.05) is 24.3 Å². The third kappa shape index (κ3) is 2.02. The molecule has 0 aromatic heterocycles. The minimum Gasteiger partial charge on any atom is -0.497 e. The van der Waals surface area contributed by atoms with Crippen LogP contribution in [0.1, 0.15) is 11.1 Å². The Hall–Kier alpha value is -0.950. The van der Waals surface area contributed by atoms with Crippen molar-refractivity contribution in [3.8, 4) is 0 Å². The Morgan fingerprint density at radius 3 is 2.42 bits per heavy atom. The number of methoxy groups -OCH3 is 1. The van der Waals surface area contributed by atoms with E-state index in [-0.39, 0.29) is 0 Å². The molecule has 1 nitrogen and oxygen atoms in total. The maximum Gasteiger partial charge on any atom is 0.118 e. The lowest BCUT2D eigenvalue weighted by molar-refractivity contribution is 0.371. The lowest BCUT2D eigenvalue weighted by Crippen LogP contribution is -1.85. The molecule has 0 heterocycles. The monoisotopic (exact) mass is 182 g/mol. The van der Waals surface area contributed by atoms with Gasteiger partial charge in [-0.05, 0) is 5.56 Å². The topological polar surface area (TPSA) is 9.23 Å². The van der Waals surface area contributed by atoms with Crippen LogP contribution in [0.3, 0.4) is 0 Å². The molecule has 0 saturated heterocycles. The molecule has 0 unspecified atom stereocenters. The molecule has 0 saturated carbocycles. The minimum absolute atomic E-state index is 0.541. The van der Waals surface area contributed by atoms with Gasteiger partial charge in [-0.2, -0.15) is 0 Å². The van der Waals surface area contributed by atoms with Gasteiger partial charge in [0.25, 0.3) is 0 Å². The molecule has 64 valence electrons. The van der Waals surface area contributed by atoms with Crippen LogP contribution in [0.2, 0.25) is 0 Å². The highest BCUT2D eigenvalue weighted by molar-refractivity contribution is 6.17. The second-order valence-electron chi connectivity index (χ2n) is 2.46. The molecule has 0 bridgehead atoms. The fourth-order valence-electron chi connectivity index (χ4n) is 0.898. The first-order chi connectivity index (χ1) is 5.77. The number of hydrogen-bond donors (Lipinski definition) is 0. The first-order valence-corrected chi connectivity index (χ1v) is 4.19. The predicted molar refractivity (Wildman–Crippen MR) is 52.0 cm³/mol. The maximum atomic E-state index is 5.64. The Kier molecular flexibility index (Phi) is 3.18. The first kappa shape index (κ1) is 9.14. The summed E-state index contributed by atoms with van der Waals surface area (Å²) in [7, 11) is 1.61. The van der Waals surface area contributed by atoms with Crippen LogP contribution >= 0.6 is 11.6 Å². The maximum absolute atomic E-state index is 5.64. The Balaban J connectivity index is 2.84. The van der Waals surface area contributed by atoms with Gasteiger partial charge in [0.05, 0.1) is 7.11 Å². The summed E-state index contributed by atoms with van der Waals surface area (Å²) in [5, 5.41) is 0. The predicted octanol–water partition coefficient (Wildman–Crippen LogP) is 3.04. The first-order valence-electron chi connectivity index (χ1n) is 3.66. The Morgan fingerprint density at radius 2 is 2.00 bits per heavy atom. The van der Waals surface area contributed by atoms with Gasteiger partial charge in [0.15, 0.2) is 0 Å². The number of ether oxygens (including phenoxy) is 1. The second kappa shape index (κ2) is 4.17. The van der Waals surface area contributed by atoms with Crippen molar-refractivity contribution in [3.05, 3.63) is 42.0 Å². The molecule has 1 aromatic rings. The van der Waals surface area contributed by atoms with E-state index in [9.17, 15) is 0 Å². The molecular formula is C10H11ClO. The lowest BCUT2D eigenvalue weighted by atomic mass is 10.1. The lowest BCUT2D eigenvalue weighted by Gasteiger charge is -2.03. The molecule has 0 amide bonds. The van der Waals surface area contributed by atoms with Crippen LogP contribution in [0.15, 0.2) is 30.8 Å². The third-order valence-corrected chi connectivity index (χ3v) is 1.99. The molecular weight excluding hydrogens is 172 g/mol. The van der Waals surface area contributed by atoms with Gasteiger partial charge in [0.1, 0.15) is 5.76 Å². The summed E-state index contributed by atoms with van der Waals surface area (Å²) in [6.45, 7) is 3.74. The van der Waals surface area contributed by atoms with Gasteiger partial charge in [-0.1, -0.05) is 30.8 Å². The molecule has 0 aliphatic heterocycles. The van der Waals surface area contributed by atoms with Crippen LogP contribution < -0.4 is 0 Å². The van der Waals surface area contributed by atoms with Crippen molar-refractivity contribution < 1.29 is 4.74 Å². The largest absolute Gasteiger partial charge is 0.497 e. The summed E-state index contributed by atoms with van der Waals surface area (Å²) in [4.78, 5) is 0. The van der Waals surface area contributed by atoms with E-state index in [0.717, 1.165) is 11.1 Å².